The number of methoxy groups -OCH3 is 2. The van der Waals surface area contributed by atoms with E-state index in [4.69, 9.17) is 14.2 Å². The fourth-order valence-electron chi connectivity index (χ4n) is 3.83. The fourth-order valence-corrected chi connectivity index (χ4v) is 3.83. The molecule has 2 rings (SSSR count). The van der Waals surface area contributed by atoms with Gasteiger partial charge in [0.1, 0.15) is 11.5 Å². The van der Waals surface area contributed by atoms with Gasteiger partial charge >= 0.3 is 12.0 Å². The van der Waals surface area contributed by atoms with Gasteiger partial charge in [0.2, 0.25) is 5.91 Å². The van der Waals surface area contributed by atoms with E-state index in [-0.39, 0.29) is 36.3 Å². The molecule has 1 saturated heterocycles. The molecule has 0 spiro atoms. The first kappa shape index (κ1) is 26.3. The number of nitrogens with zero attached hydrogens (tertiary/aromatic N) is 2. The maximum absolute atomic E-state index is 13.1. The Morgan fingerprint density at radius 3 is 2.42 bits per heavy atom. The molecule has 1 aliphatic rings. The lowest BCUT2D eigenvalue weighted by atomic mass is 9.97. The van der Waals surface area contributed by atoms with Crippen LogP contribution in [0.5, 0.6) is 11.5 Å². The molecule has 33 heavy (non-hydrogen) atoms. The molecule has 3 amide bonds. The topological polar surface area (TPSA) is 97.4 Å². The van der Waals surface area contributed by atoms with Gasteiger partial charge in [0.05, 0.1) is 32.4 Å². The average molecular weight is 464 g/mol. The van der Waals surface area contributed by atoms with Crippen molar-refractivity contribution >= 4 is 23.6 Å². The number of anilines is 1. The second kappa shape index (κ2) is 12.9. The second-order valence-electron chi connectivity index (χ2n) is 8.10. The number of piperidine rings is 1. The summed E-state index contributed by atoms with van der Waals surface area (Å²) in [4.78, 5) is 41.2. The van der Waals surface area contributed by atoms with Crippen LogP contribution in [0.3, 0.4) is 0 Å². The largest absolute Gasteiger partial charge is 0.497 e. The van der Waals surface area contributed by atoms with Crippen molar-refractivity contribution in [3.05, 3.63) is 18.2 Å². The van der Waals surface area contributed by atoms with Gasteiger partial charge in [-0.15, -0.1) is 0 Å². The minimum absolute atomic E-state index is 0.0135. The first-order valence-corrected chi connectivity index (χ1v) is 11.6. The monoisotopic (exact) mass is 463 g/mol. The number of benzene rings is 1. The maximum Gasteiger partial charge on any atom is 0.322 e. The van der Waals surface area contributed by atoms with E-state index in [2.05, 4.69) is 5.32 Å². The molecule has 0 radical (unpaired) electrons. The van der Waals surface area contributed by atoms with Crippen LogP contribution in [-0.2, 0) is 14.3 Å². The number of hydrogen-bond donors (Lipinski definition) is 1. The molecule has 1 aromatic rings. The van der Waals surface area contributed by atoms with Crippen LogP contribution in [0.1, 0.15) is 46.5 Å². The molecule has 9 heteroatoms. The van der Waals surface area contributed by atoms with E-state index in [1.54, 1.807) is 42.0 Å². The summed E-state index contributed by atoms with van der Waals surface area (Å²) < 4.78 is 15.7. The Kier molecular flexibility index (Phi) is 10.3. The minimum atomic E-state index is -0.290. The van der Waals surface area contributed by atoms with Crippen LogP contribution in [-0.4, -0.2) is 74.2 Å². The van der Waals surface area contributed by atoms with Crippen molar-refractivity contribution in [1.82, 2.24) is 9.80 Å². The average Bonchev–Trinajstić information content (AvgIpc) is 2.84. The van der Waals surface area contributed by atoms with Gasteiger partial charge in [-0.1, -0.05) is 6.92 Å². The van der Waals surface area contributed by atoms with Crippen LogP contribution in [0.4, 0.5) is 10.5 Å². The highest BCUT2D eigenvalue weighted by Crippen LogP contribution is 2.29. The minimum Gasteiger partial charge on any atom is -0.497 e. The molecule has 1 aliphatic heterocycles. The van der Waals surface area contributed by atoms with Gasteiger partial charge in [0.25, 0.3) is 0 Å². The Labute approximate surface area is 196 Å². The van der Waals surface area contributed by atoms with Gasteiger partial charge in [0.15, 0.2) is 0 Å². The molecule has 0 aliphatic carbocycles. The normalized spacial score (nSPS) is 14.9. The number of likely N-dealkylation sites (tertiary alicyclic amines) is 1. The zero-order valence-corrected chi connectivity index (χ0v) is 20.4. The van der Waals surface area contributed by atoms with Crippen LogP contribution in [0.2, 0.25) is 0 Å². The lowest BCUT2D eigenvalue weighted by Crippen LogP contribution is -2.45. The number of hydrogen-bond acceptors (Lipinski definition) is 6. The Balaban J connectivity index is 1.96. The van der Waals surface area contributed by atoms with Crippen molar-refractivity contribution < 1.29 is 28.6 Å². The number of ether oxygens (including phenoxy) is 3. The summed E-state index contributed by atoms with van der Waals surface area (Å²) in [5.74, 6) is 0.780. The fraction of sp³-hybridized carbons (Fsp3) is 0.625. The van der Waals surface area contributed by atoms with Crippen LogP contribution in [0.25, 0.3) is 0 Å². The van der Waals surface area contributed by atoms with Gasteiger partial charge in [-0.3, -0.25) is 9.59 Å². The van der Waals surface area contributed by atoms with E-state index < -0.39 is 0 Å². The summed E-state index contributed by atoms with van der Waals surface area (Å²) in [5, 5.41) is 2.89. The van der Waals surface area contributed by atoms with Crippen LogP contribution < -0.4 is 14.8 Å². The van der Waals surface area contributed by atoms with Gasteiger partial charge in [-0.05, 0) is 45.2 Å². The van der Waals surface area contributed by atoms with Crippen molar-refractivity contribution in [2.24, 2.45) is 5.92 Å². The summed E-state index contributed by atoms with van der Waals surface area (Å²) in [6.07, 6.45) is 2.20. The number of amides is 3. The van der Waals surface area contributed by atoms with Gasteiger partial charge in [-0.25, -0.2) is 4.79 Å². The molecule has 1 heterocycles. The molecular formula is C24H37N3O6. The molecule has 0 aromatic heterocycles. The van der Waals surface area contributed by atoms with Crippen molar-refractivity contribution in [2.75, 3.05) is 45.8 Å². The van der Waals surface area contributed by atoms with Gasteiger partial charge < -0.3 is 29.3 Å². The van der Waals surface area contributed by atoms with E-state index in [1.807, 2.05) is 13.8 Å². The predicted molar refractivity (Wildman–Crippen MR) is 126 cm³/mol. The highest BCUT2D eigenvalue weighted by atomic mass is 16.5. The van der Waals surface area contributed by atoms with Crippen molar-refractivity contribution in [3.63, 3.8) is 0 Å². The quantitative estimate of drug-likeness (QED) is 0.533. The van der Waals surface area contributed by atoms with E-state index in [0.717, 1.165) is 6.42 Å². The number of esters is 1. The highest BCUT2D eigenvalue weighted by molar-refractivity contribution is 5.91. The summed E-state index contributed by atoms with van der Waals surface area (Å²) in [6.45, 7) is 7.48. The third-order valence-corrected chi connectivity index (χ3v) is 6.07. The number of nitrogens with one attached hydrogen (secondary N) is 1. The Morgan fingerprint density at radius 1 is 1.15 bits per heavy atom. The zero-order valence-electron chi connectivity index (χ0n) is 20.4. The lowest BCUT2D eigenvalue weighted by molar-refractivity contribution is -0.151. The van der Waals surface area contributed by atoms with Gasteiger partial charge in [0, 0.05) is 38.2 Å². The van der Waals surface area contributed by atoms with Crippen molar-refractivity contribution in [2.45, 2.75) is 52.5 Å². The van der Waals surface area contributed by atoms with E-state index in [0.29, 0.717) is 56.3 Å². The zero-order chi connectivity index (χ0) is 24.4. The van der Waals surface area contributed by atoms with E-state index >= 15 is 0 Å². The summed E-state index contributed by atoms with van der Waals surface area (Å²) in [5.41, 5.74) is 0.531. The number of rotatable bonds is 10. The van der Waals surface area contributed by atoms with Crippen LogP contribution >= 0.6 is 0 Å². The molecule has 1 aromatic carbocycles. The Bertz CT molecular complexity index is 807. The third-order valence-electron chi connectivity index (χ3n) is 6.07. The summed E-state index contributed by atoms with van der Waals surface area (Å²) in [6, 6.07) is 4.84. The first-order valence-electron chi connectivity index (χ1n) is 11.6. The van der Waals surface area contributed by atoms with Gasteiger partial charge in [-0.2, -0.15) is 0 Å². The number of urea groups is 1. The molecule has 184 valence electrons. The maximum atomic E-state index is 13.1. The Hall–Kier alpha value is -2.97. The lowest BCUT2D eigenvalue weighted by Gasteiger charge is -2.33. The van der Waals surface area contributed by atoms with E-state index in [1.165, 1.54) is 7.11 Å². The second-order valence-corrected chi connectivity index (χ2v) is 8.10. The number of carbonyl (C=O) groups is 3. The van der Waals surface area contributed by atoms with Crippen molar-refractivity contribution in [3.8, 4) is 11.5 Å². The molecule has 1 fully saturated rings. The smallest absolute Gasteiger partial charge is 0.322 e. The molecule has 0 saturated carbocycles. The molecule has 9 nitrogen and oxygen atoms in total. The summed E-state index contributed by atoms with van der Waals surface area (Å²) in [7, 11) is 3.09. The highest BCUT2D eigenvalue weighted by Gasteiger charge is 2.29. The molecule has 1 N–H and O–H groups in total. The van der Waals surface area contributed by atoms with Crippen LogP contribution in [0.15, 0.2) is 18.2 Å². The SMILES string of the molecule is CCOC(=O)C1CCN(C(=O)CCN(C(=O)Nc2ccc(OC)cc2OC)C(C)CC)CC1. The third kappa shape index (κ3) is 7.27. The standard InChI is InChI=1S/C24H37N3O6/c1-6-17(3)27(24(30)25-20-9-8-19(31-4)16-21(20)32-5)15-12-22(28)26-13-10-18(11-14-26)23(29)33-7-2/h8-9,16-18H,6-7,10-15H2,1-5H3,(H,25,30). The van der Waals surface area contributed by atoms with Crippen molar-refractivity contribution in [1.29, 1.82) is 0 Å². The Morgan fingerprint density at radius 2 is 1.85 bits per heavy atom. The first-order chi connectivity index (χ1) is 15.8. The predicted octanol–water partition coefficient (Wildman–Crippen LogP) is 3.53. The molecule has 0 bridgehead atoms. The number of carbonyl (C=O) groups excluding carboxylic acids is 3. The molecule has 1 atom stereocenters. The molecule has 1 unspecified atom stereocenters. The summed E-state index contributed by atoms with van der Waals surface area (Å²) >= 11 is 0. The molecular weight excluding hydrogens is 426 g/mol. The van der Waals surface area contributed by atoms with Crippen LogP contribution in [0, 0.1) is 5.92 Å². The van der Waals surface area contributed by atoms with E-state index in [9.17, 15) is 14.4 Å².